The molecule has 1 heterocycles. The van der Waals surface area contributed by atoms with Gasteiger partial charge in [0.05, 0.1) is 24.6 Å². The van der Waals surface area contributed by atoms with Gasteiger partial charge in [-0.3, -0.25) is 14.3 Å². The van der Waals surface area contributed by atoms with Crippen LogP contribution in [0.3, 0.4) is 0 Å². The van der Waals surface area contributed by atoms with E-state index in [1.165, 1.54) is 19.3 Å². The third-order valence-corrected chi connectivity index (χ3v) is 6.70. The highest BCUT2D eigenvalue weighted by Crippen LogP contribution is 2.35. The average molecular weight is 424 g/mol. The first kappa shape index (κ1) is 21.6. The molecular formula is C25H33N3O3. The number of fused-ring (bicyclic) bond motifs is 1. The summed E-state index contributed by atoms with van der Waals surface area (Å²) < 4.78 is 7.40. The number of aromatic nitrogens is 2. The second-order valence-electron chi connectivity index (χ2n) is 8.81. The molecule has 2 aliphatic rings. The Labute approximate surface area is 184 Å². The molecule has 4 rings (SSSR count). The van der Waals surface area contributed by atoms with E-state index >= 15 is 0 Å². The predicted molar refractivity (Wildman–Crippen MR) is 119 cm³/mol. The molecule has 0 spiro atoms. The van der Waals surface area contributed by atoms with Crippen molar-refractivity contribution < 1.29 is 14.3 Å². The number of carbonyl (C=O) groups excluding carboxylic acids is 2. The minimum absolute atomic E-state index is 0.117. The molecule has 0 bridgehead atoms. The van der Waals surface area contributed by atoms with Crippen LogP contribution in [0.5, 0.6) is 0 Å². The van der Waals surface area contributed by atoms with Crippen LogP contribution in [0.4, 0.5) is 0 Å². The Morgan fingerprint density at radius 1 is 1.16 bits per heavy atom. The summed E-state index contributed by atoms with van der Waals surface area (Å²) in [5.41, 5.74) is 3.62. The first-order valence-electron chi connectivity index (χ1n) is 11.7. The van der Waals surface area contributed by atoms with Gasteiger partial charge in [-0.1, -0.05) is 49.6 Å². The molecule has 2 aromatic rings. The second kappa shape index (κ2) is 9.67. The number of amides is 1. The molecule has 0 saturated heterocycles. The molecule has 1 N–H and O–H groups in total. The molecule has 166 valence electrons. The summed E-state index contributed by atoms with van der Waals surface area (Å²) in [4.78, 5) is 25.7. The minimum Gasteiger partial charge on any atom is -0.466 e. The largest absolute Gasteiger partial charge is 0.466 e. The molecule has 6 nitrogen and oxygen atoms in total. The molecule has 1 aromatic carbocycles. The Hall–Kier alpha value is -2.63. The van der Waals surface area contributed by atoms with Crippen molar-refractivity contribution in [3.8, 4) is 0 Å². The van der Waals surface area contributed by atoms with Crippen LogP contribution >= 0.6 is 0 Å². The van der Waals surface area contributed by atoms with Crippen LogP contribution < -0.4 is 5.32 Å². The standard InChI is InChI=1S/C25H33N3O3/c1-3-31-25(30)19-14-15-22-21(16-19)23(27-28(22)20-12-8-5-9-13-20)24(29)26-17(2)18-10-6-4-7-11-18/h4,6-7,10-11,17,19-20H,3,5,8-9,12-16H2,1-2H3,(H,26,29). The third-order valence-electron chi connectivity index (χ3n) is 6.70. The summed E-state index contributed by atoms with van der Waals surface area (Å²) >= 11 is 0. The number of carbonyl (C=O) groups is 2. The molecule has 0 aliphatic heterocycles. The lowest BCUT2D eigenvalue weighted by molar-refractivity contribution is -0.148. The summed E-state index contributed by atoms with van der Waals surface area (Å²) in [5.74, 6) is -0.524. The number of rotatable bonds is 6. The van der Waals surface area contributed by atoms with Crippen molar-refractivity contribution in [1.29, 1.82) is 0 Å². The zero-order chi connectivity index (χ0) is 21.8. The van der Waals surface area contributed by atoms with Crippen LogP contribution in [0.1, 0.15) is 91.8 Å². The number of nitrogens with zero attached hydrogens (tertiary/aromatic N) is 2. The molecule has 6 heteroatoms. The maximum Gasteiger partial charge on any atom is 0.309 e. The summed E-state index contributed by atoms with van der Waals surface area (Å²) in [6.45, 7) is 4.20. The van der Waals surface area contributed by atoms with Crippen LogP contribution in [0.2, 0.25) is 0 Å². The molecule has 2 aliphatic carbocycles. The van der Waals surface area contributed by atoms with E-state index in [1.807, 2.05) is 44.2 Å². The Balaban J connectivity index is 1.62. The lowest BCUT2D eigenvalue weighted by atomic mass is 9.85. The van der Waals surface area contributed by atoms with Crippen molar-refractivity contribution in [2.75, 3.05) is 6.61 Å². The monoisotopic (exact) mass is 423 g/mol. The highest BCUT2D eigenvalue weighted by molar-refractivity contribution is 5.94. The minimum atomic E-state index is -0.199. The summed E-state index contributed by atoms with van der Waals surface area (Å²) in [6, 6.07) is 10.2. The van der Waals surface area contributed by atoms with E-state index < -0.39 is 0 Å². The highest BCUT2D eigenvalue weighted by atomic mass is 16.5. The Morgan fingerprint density at radius 2 is 1.90 bits per heavy atom. The van der Waals surface area contributed by atoms with Gasteiger partial charge < -0.3 is 10.1 Å². The lowest BCUT2D eigenvalue weighted by Gasteiger charge is -2.27. The van der Waals surface area contributed by atoms with Crippen molar-refractivity contribution in [3.05, 3.63) is 52.8 Å². The molecule has 1 amide bonds. The van der Waals surface area contributed by atoms with Gasteiger partial charge in [-0.25, -0.2) is 0 Å². The number of nitrogens with one attached hydrogen (secondary N) is 1. The quantitative estimate of drug-likeness (QED) is 0.692. The molecule has 1 fully saturated rings. The molecule has 1 saturated carbocycles. The fourth-order valence-corrected chi connectivity index (χ4v) is 5.00. The third kappa shape index (κ3) is 4.68. The van der Waals surface area contributed by atoms with Gasteiger partial charge >= 0.3 is 5.97 Å². The Bertz CT molecular complexity index is 916. The van der Waals surface area contributed by atoms with Crippen LogP contribution in [-0.2, 0) is 22.4 Å². The van der Waals surface area contributed by atoms with E-state index in [0.29, 0.717) is 24.8 Å². The maximum atomic E-state index is 13.3. The molecule has 2 unspecified atom stereocenters. The van der Waals surface area contributed by atoms with Crippen molar-refractivity contribution >= 4 is 11.9 Å². The smallest absolute Gasteiger partial charge is 0.309 e. The van der Waals surface area contributed by atoms with Crippen LogP contribution in [0.25, 0.3) is 0 Å². The van der Waals surface area contributed by atoms with E-state index in [4.69, 9.17) is 9.84 Å². The van der Waals surface area contributed by atoms with Gasteiger partial charge in [-0.15, -0.1) is 0 Å². The van der Waals surface area contributed by atoms with E-state index in [2.05, 4.69) is 10.00 Å². The topological polar surface area (TPSA) is 73.2 Å². The number of hydrogen-bond acceptors (Lipinski definition) is 4. The Morgan fingerprint density at radius 3 is 2.61 bits per heavy atom. The van der Waals surface area contributed by atoms with Gasteiger partial charge in [-0.2, -0.15) is 5.10 Å². The van der Waals surface area contributed by atoms with Crippen molar-refractivity contribution in [3.63, 3.8) is 0 Å². The number of benzene rings is 1. The number of esters is 1. The van der Waals surface area contributed by atoms with Gasteiger partial charge in [0, 0.05) is 11.3 Å². The van der Waals surface area contributed by atoms with E-state index in [0.717, 1.165) is 42.5 Å². The van der Waals surface area contributed by atoms with Gasteiger partial charge in [0.2, 0.25) is 0 Å². The first-order valence-corrected chi connectivity index (χ1v) is 11.7. The Kier molecular flexibility index (Phi) is 6.73. The molecule has 1 aromatic heterocycles. The van der Waals surface area contributed by atoms with Crippen molar-refractivity contribution in [1.82, 2.24) is 15.1 Å². The molecule has 31 heavy (non-hydrogen) atoms. The average Bonchev–Trinajstić information content (AvgIpc) is 3.19. The van der Waals surface area contributed by atoms with E-state index in [9.17, 15) is 9.59 Å². The second-order valence-corrected chi connectivity index (χ2v) is 8.81. The summed E-state index contributed by atoms with van der Waals surface area (Å²) in [7, 11) is 0. The zero-order valence-corrected chi connectivity index (χ0v) is 18.6. The first-order chi connectivity index (χ1) is 15.1. The maximum absolute atomic E-state index is 13.3. The normalized spacial score (nSPS) is 20.0. The summed E-state index contributed by atoms with van der Waals surface area (Å²) in [5, 5.41) is 7.97. The SMILES string of the molecule is CCOC(=O)C1CCc2c(c(C(=O)NC(C)c3ccccc3)nn2C2CCCCC2)C1. The van der Waals surface area contributed by atoms with Crippen molar-refractivity contribution in [2.24, 2.45) is 5.92 Å². The van der Waals surface area contributed by atoms with Gasteiger partial charge in [-0.05, 0) is 51.5 Å². The van der Waals surface area contributed by atoms with E-state index in [1.54, 1.807) is 0 Å². The lowest BCUT2D eigenvalue weighted by Crippen LogP contribution is -2.30. The van der Waals surface area contributed by atoms with Crippen molar-refractivity contribution in [2.45, 2.75) is 77.3 Å². The molecule has 2 atom stereocenters. The number of hydrogen-bond donors (Lipinski definition) is 1. The van der Waals surface area contributed by atoms with E-state index in [-0.39, 0.29) is 23.8 Å². The predicted octanol–water partition coefficient (Wildman–Crippen LogP) is 4.55. The van der Waals surface area contributed by atoms with Crippen LogP contribution in [0, 0.1) is 5.92 Å². The highest BCUT2D eigenvalue weighted by Gasteiger charge is 2.35. The fourth-order valence-electron chi connectivity index (χ4n) is 5.00. The van der Waals surface area contributed by atoms with Gasteiger partial charge in [0.25, 0.3) is 5.91 Å². The van der Waals surface area contributed by atoms with Crippen LogP contribution in [0.15, 0.2) is 30.3 Å². The van der Waals surface area contributed by atoms with Gasteiger partial charge in [0.15, 0.2) is 5.69 Å². The zero-order valence-electron chi connectivity index (χ0n) is 18.6. The van der Waals surface area contributed by atoms with Crippen LogP contribution in [-0.4, -0.2) is 28.3 Å². The molecular weight excluding hydrogens is 390 g/mol. The molecule has 0 radical (unpaired) electrons. The van der Waals surface area contributed by atoms with Gasteiger partial charge in [0.1, 0.15) is 0 Å². The number of ether oxygens (including phenoxy) is 1. The summed E-state index contributed by atoms with van der Waals surface area (Å²) in [6.07, 6.45) is 7.95. The fraction of sp³-hybridized carbons (Fsp3) is 0.560.